The van der Waals surface area contributed by atoms with Crippen molar-refractivity contribution in [1.82, 2.24) is 24.4 Å². The predicted octanol–water partition coefficient (Wildman–Crippen LogP) is 1.83. The monoisotopic (exact) mass is 491 g/mol. The Morgan fingerprint density at radius 1 is 1.21 bits per heavy atom. The summed E-state index contributed by atoms with van der Waals surface area (Å²) < 4.78 is 40.3. The standard InChI is InChI=1S/C21H25N5O5S2/c1-15(20(27)22-2)32-21-24-23-19(26(21)14-17-6-4-10-31-17)16-5-3-7-18(13-16)33(28,29)25-8-11-30-12-9-25/h3-7,10,13,15H,8-9,11-12,14H2,1-2H3,(H,22,27). The van der Waals surface area contributed by atoms with Crippen molar-refractivity contribution in [3.05, 3.63) is 48.4 Å². The predicted molar refractivity (Wildman–Crippen MR) is 122 cm³/mol. The molecule has 0 spiro atoms. The van der Waals surface area contributed by atoms with Crippen molar-refractivity contribution in [1.29, 1.82) is 0 Å². The van der Waals surface area contributed by atoms with Gasteiger partial charge in [0, 0.05) is 25.7 Å². The quantitative estimate of drug-likeness (QED) is 0.474. The third kappa shape index (κ3) is 5.13. The van der Waals surface area contributed by atoms with Gasteiger partial charge in [-0.3, -0.25) is 9.36 Å². The highest BCUT2D eigenvalue weighted by molar-refractivity contribution is 8.00. The molecule has 176 valence electrons. The summed E-state index contributed by atoms with van der Waals surface area (Å²) in [6.07, 6.45) is 1.58. The van der Waals surface area contributed by atoms with E-state index in [4.69, 9.17) is 9.15 Å². The Hall–Kier alpha value is -2.67. The van der Waals surface area contributed by atoms with Crippen molar-refractivity contribution in [3.63, 3.8) is 0 Å². The van der Waals surface area contributed by atoms with Crippen molar-refractivity contribution in [2.45, 2.75) is 28.8 Å². The minimum absolute atomic E-state index is 0.132. The number of morpholine rings is 1. The van der Waals surface area contributed by atoms with Crippen molar-refractivity contribution >= 4 is 27.7 Å². The maximum atomic E-state index is 13.1. The molecule has 1 atom stereocenters. The molecule has 1 unspecified atom stereocenters. The number of hydrogen-bond acceptors (Lipinski definition) is 8. The van der Waals surface area contributed by atoms with E-state index in [1.54, 1.807) is 50.6 Å². The topological polar surface area (TPSA) is 120 Å². The molecule has 1 saturated heterocycles. The van der Waals surface area contributed by atoms with Gasteiger partial charge in [-0.25, -0.2) is 8.42 Å². The molecule has 0 bridgehead atoms. The third-order valence-electron chi connectivity index (χ3n) is 5.21. The number of ether oxygens (including phenoxy) is 1. The first-order valence-electron chi connectivity index (χ1n) is 10.4. The summed E-state index contributed by atoms with van der Waals surface area (Å²) in [7, 11) is -2.08. The van der Waals surface area contributed by atoms with Crippen LogP contribution in [0.3, 0.4) is 0 Å². The number of thioether (sulfide) groups is 1. The molecule has 0 radical (unpaired) electrons. The number of benzene rings is 1. The maximum Gasteiger partial charge on any atom is 0.243 e. The number of amides is 1. The van der Waals surface area contributed by atoms with E-state index in [-0.39, 0.29) is 10.8 Å². The van der Waals surface area contributed by atoms with Gasteiger partial charge >= 0.3 is 0 Å². The van der Waals surface area contributed by atoms with Crippen molar-refractivity contribution < 1.29 is 22.4 Å². The van der Waals surface area contributed by atoms with Crippen LogP contribution in [0, 0.1) is 0 Å². The lowest BCUT2D eigenvalue weighted by molar-refractivity contribution is -0.119. The van der Waals surface area contributed by atoms with E-state index in [2.05, 4.69) is 15.5 Å². The summed E-state index contributed by atoms with van der Waals surface area (Å²) >= 11 is 1.27. The first kappa shape index (κ1) is 23.5. The van der Waals surface area contributed by atoms with Crippen LogP contribution < -0.4 is 5.32 Å². The smallest absolute Gasteiger partial charge is 0.243 e. The number of furan rings is 1. The number of hydrogen-bond donors (Lipinski definition) is 1. The summed E-state index contributed by atoms with van der Waals surface area (Å²) in [5, 5.41) is 11.4. The molecule has 3 aromatic rings. The first-order chi connectivity index (χ1) is 15.9. The van der Waals surface area contributed by atoms with E-state index in [0.29, 0.717) is 55.2 Å². The van der Waals surface area contributed by atoms with Crippen molar-refractivity contribution in [2.75, 3.05) is 33.4 Å². The van der Waals surface area contributed by atoms with Gasteiger partial charge < -0.3 is 14.5 Å². The van der Waals surface area contributed by atoms with E-state index >= 15 is 0 Å². The SMILES string of the molecule is CNC(=O)C(C)Sc1nnc(-c2cccc(S(=O)(=O)N3CCOCC3)c2)n1Cc1ccco1. The van der Waals surface area contributed by atoms with E-state index in [1.165, 1.54) is 16.1 Å². The highest BCUT2D eigenvalue weighted by Crippen LogP contribution is 2.29. The molecule has 1 aliphatic rings. The molecular formula is C21H25N5O5S2. The van der Waals surface area contributed by atoms with Crippen LogP contribution in [0.1, 0.15) is 12.7 Å². The molecule has 0 saturated carbocycles. The molecule has 10 nitrogen and oxygen atoms in total. The van der Waals surface area contributed by atoms with Crippen molar-refractivity contribution in [3.8, 4) is 11.4 Å². The normalized spacial score (nSPS) is 15.9. The van der Waals surface area contributed by atoms with Crippen molar-refractivity contribution in [2.24, 2.45) is 0 Å². The van der Waals surface area contributed by atoms with Crippen LogP contribution in [0.5, 0.6) is 0 Å². The molecule has 1 fully saturated rings. The second-order valence-corrected chi connectivity index (χ2v) is 10.6. The van der Waals surface area contributed by atoms with E-state index < -0.39 is 15.3 Å². The zero-order chi connectivity index (χ0) is 23.4. The van der Waals surface area contributed by atoms with Gasteiger partial charge in [-0.05, 0) is 31.2 Å². The summed E-state index contributed by atoms with van der Waals surface area (Å²) in [6.45, 7) is 3.50. The average Bonchev–Trinajstić information content (AvgIpc) is 3.50. The number of carbonyl (C=O) groups is 1. The number of sulfonamides is 1. The number of aromatic nitrogens is 3. The molecule has 33 heavy (non-hydrogen) atoms. The summed E-state index contributed by atoms with van der Waals surface area (Å²) in [6, 6.07) is 10.3. The highest BCUT2D eigenvalue weighted by atomic mass is 32.2. The summed E-state index contributed by atoms with van der Waals surface area (Å²) in [5.41, 5.74) is 0.600. The molecular weight excluding hydrogens is 466 g/mol. The second-order valence-electron chi connectivity index (χ2n) is 7.39. The molecule has 12 heteroatoms. The Labute approximate surface area is 196 Å². The minimum Gasteiger partial charge on any atom is -0.467 e. The van der Waals surface area contributed by atoms with Crippen LogP contribution in [0.2, 0.25) is 0 Å². The summed E-state index contributed by atoms with van der Waals surface area (Å²) in [5.74, 6) is 1.03. The van der Waals surface area contributed by atoms with Crippen LogP contribution in [0.15, 0.2) is 57.1 Å². The van der Waals surface area contributed by atoms with E-state index in [0.717, 1.165) is 0 Å². The lowest BCUT2D eigenvalue weighted by Gasteiger charge is -2.26. The van der Waals surface area contributed by atoms with E-state index in [9.17, 15) is 13.2 Å². The molecule has 2 aromatic heterocycles. The van der Waals surface area contributed by atoms with Crippen LogP contribution in [0.25, 0.3) is 11.4 Å². The molecule has 1 amide bonds. The molecule has 1 N–H and O–H groups in total. The van der Waals surface area contributed by atoms with Crippen LogP contribution in [-0.2, 0) is 26.1 Å². The molecule has 0 aliphatic carbocycles. The van der Waals surface area contributed by atoms with Gasteiger partial charge in [-0.15, -0.1) is 10.2 Å². The van der Waals surface area contributed by atoms with Gasteiger partial charge in [0.1, 0.15) is 5.76 Å². The first-order valence-corrected chi connectivity index (χ1v) is 12.7. The van der Waals surface area contributed by atoms with E-state index in [1.807, 2.05) is 10.6 Å². The Bertz CT molecular complexity index is 1200. The van der Waals surface area contributed by atoms with Gasteiger partial charge in [0.25, 0.3) is 0 Å². The molecule has 3 heterocycles. The highest BCUT2D eigenvalue weighted by Gasteiger charge is 2.27. The Morgan fingerprint density at radius 3 is 2.70 bits per heavy atom. The van der Waals surface area contributed by atoms with Gasteiger partial charge in [0.15, 0.2) is 11.0 Å². The second kappa shape index (κ2) is 10.1. The van der Waals surface area contributed by atoms with Gasteiger partial charge in [0.2, 0.25) is 15.9 Å². The lowest BCUT2D eigenvalue weighted by atomic mass is 10.2. The van der Waals surface area contributed by atoms with Crippen LogP contribution in [-0.4, -0.2) is 72.0 Å². The third-order valence-corrected chi connectivity index (χ3v) is 8.18. The van der Waals surface area contributed by atoms with Crippen LogP contribution in [0.4, 0.5) is 0 Å². The fourth-order valence-corrected chi connectivity index (χ4v) is 5.80. The van der Waals surface area contributed by atoms with Gasteiger partial charge in [-0.2, -0.15) is 4.31 Å². The fourth-order valence-electron chi connectivity index (χ4n) is 3.44. The molecule has 1 aliphatic heterocycles. The summed E-state index contributed by atoms with van der Waals surface area (Å²) in [4.78, 5) is 12.2. The average molecular weight is 492 g/mol. The number of nitrogens with one attached hydrogen (secondary N) is 1. The Balaban J connectivity index is 1.71. The largest absolute Gasteiger partial charge is 0.467 e. The van der Waals surface area contributed by atoms with Crippen LogP contribution >= 0.6 is 11.8 Å². The lowest BCUT2D eigenvalue weighted by Crippen LogP contribution is -2.40. The minimum atomic E-state index is -3.66. The molecule has 4 rings (SSSR count). The Morgan fingerprint density at radius 2 is 2.00 bits per heavy atom. The fraction of sp³-hybridized carbons (Fsp3) is 0.381. The molecule has 1 aromatic carbocycles. The number of carbonyl (C=O) groups excluding carboxylic acids is 1. The zero-order valence-corrected chi connectivity index (χ0v) is 19.9. The number of nitrogens with zero attached hydrogens (tertiary/aromatic N) is 4. The van der Waals surface area contributed by atoms with Gasteiger partial charge in [0.05, 0.1) is 36.2 Å². The van der Waals surface area contributed by atoms with Gasteiger partial charge in [-0.1, -0.05) is 23.9 Å². The zero-order valence-electron chi connectivity index (χ0n) is 18.3. The Kier molecular flexibility index (Phi) is 7.17. The maximum absolute atomic E-state index is 13.1. The number of rotatable bonds is 8.